The molecule has 1 aromatic rings. The summed E-state index contributed by atoms with van der Waals surface area (Å²) in [5.41, 5.74) is 3.98. The molecular formula is C10H11IO. The highest BCUT2D eigenvalue weighted by Crippen LogP contribution is 2.35. The highest BCUT2D eigenvalue weighted by molar-refractivity contribution is 14.1. The number of rotatable bonds is 0. The van der Waals surface area contributed by atoms with Crippen molar-refractivity contribution in [2.75, 3.05) is 0 Å². The molecular weight excluding hydrogens is 263 g/mol. The van der Waals surface area contributed by atoms with Gasteiger partial charge in [-0.25, -0.2) is 0 Å². The quantitative estimate of drug-likeness (QED) is 0.522. The zero-order valence-corrected chi connectivity index (χ0v) is 9.38. The Hall–Kier alpha value is -0.250. The van der Waals surface area contributed by atoms with Crippen LogP contribution in [0.4, 0.5) is 0 Å². The van der Waals surface area contributed by atoms with E-state index in [1.54, 1.807) is 0 Å². The van der Waals surface area contributed by atoms with Crippen LogP contribution in [0.3, 0.4) is 0 Å². The van der Waals surface area contributed by atoms with E-state index in [4.69, 9.17) is 4.74 Å². The van der Waals surface area contributed by atoms with E-state index in [2.05, 4.69) is 48.6 Å². The Kier molecular flexibility index (Phi) is 2.02. The summed E-state index contributed by atoms with van der Waals surface area (Å²) in [7, 11) is 0. The Labute approximate surface area is 86.3 Å². The molecule has 64 valence electrons. The summed E-state index contributed by atoms with van der Waals surface area (Å²) in [5.74, 6) is 1.12. The lowest BCUT2D eigenvalue weighted by molar-refractivity contribution is 0.336. The minimum absolute atomic E-state index is 0.332. The standard InChI is InChI=1S/C10H11IO/c1-6-3-4-8-5-9(11)12-10(8)7(6)2/h3-4,9H,5H2,1-2H3. The number of fused-ring (bicyclic) bond motifs is 1. The molecule has 0 saturated heterocycles. The molecule has 1 heterocycles. The van der Waals surface area contributed by atoms with E-state index in [0.29, 0.717) is 4.11 Å². The molecule has 0 aliphatic carbocycles. The van der Waals surface area contributed by atoms with Crippen LogP contribution in [0, 0.1) is 13.8 Å². The van der Waals surface area contributed by atoms with Crippen molar-refractivity contribution in [2.45, 2.75) is 24.4 Å². The van der Waals surface area contributed by atoms with Crippen LogP contribution in [-0.2, 0) is 6.42 Å². The topological polar surface area (TPSA) is 9.23 Å². The van der Waals surface area contributed by atoms with Gasteiger partial charge in [-0.05, 0) is 53.1 Å². The number of alkyl halides is 1. The predicted molar refractivity (Wildman–Crippen MR) is 58.1 cm³/mol. The Bertz CT molecular complexity index is 320. The Morgan fingerprint density at radius 1 is 1.42 bits per heavy atom. The van der Waals surface area contributed by atoms with Gasteiger partial charge in [0.15, 0.2) is 4.11 Å². The highest BCUT2D eigenvalue weighted by atomic mass is 127. The molecule has 0 fully saturated rings. The fourth-order valence-electron chi connectivity index (χ4n) is 1.51. The summed E-state index contributed by atoms with van der Waals surface area (Å²) in [6, 6.07) is 4.35. The van der Waals surface area contributed by atoms with Gasteiger partial charge in [-0.3, -0.25) is 0 Å². The van der Waals surface area contributed by atoms with Crippen molar-refractivity contribution < 1.29 is 4.74 Å². The van der Waals surface area contributed by atoms with Crippen LogP contribution in [-0.4, -0.2) is 4.11 Å². The molecule has 0 aromatic heterocycles. The van der Waals surface area contributed by atoms with Gasteiger partial charge in [0.25, 0.3) is 0 Å². The fourth-order valence-corrected chi connectivity index (χ4v) is 2.24. The van der Waals surface area contributed by atoms with Crippen molar-refractivity contribution in [1.29, 1.82) is 0 Å². The van der Waals surface area contributed by atoms with Crippen molar-refractivity contribution in [3.8, 4) is 5.75 Å². The SMILES string of the molecule is Cc1ccc2c(c1C)OC(I)C2. The van der Waals surface area contributed by atoms with E-state index in [0.717, 1.165) is 12.2 Å². The van der Waals surface area contributed by atoms with E-state index in [1.165, 1.54) is 16.7 Å². The molecule has 1 aromatic carbocycles. The lowest BCUT2D eigenvalue weighted by Gasteiger charge is -2.06. The van der Waals surface area contributed by atoms with E-state index in [1.807, 2.05) is 0 Å². The molecule has 12 heavy (non-hydrogen) atoms. The lowest BCUT2D eigenvalue weighted by atomic mass is 10.0. The van der Waals surface area contributed by atoms with E-state index >= 15 is 0 Å². The zero-order valence-electron chi connectivity index (χ0n) is 7.23. The van der Waals surface area contributed by atoms with Gasteiger partial charge in [0, 0.05) is 6.42 Å². The molecule has 0 bridgehead atoms. The summed E-state index contributed by atoms with van der Waals surface area (Å²) in [6.45, 7) is 4.25. The van der Waals surface area contributed by atoms with Crippen LogP contribution in [0.2, 0.25) is 0 Å². The van der Waals surface area contributed by atoms with Crippen LogP contribution in [0.25, 0.3) is 0 Å². The first-order chi connectivity index (χ1) is 5.68. The van der Waals surface area contributed by atoms with Gasteiger partial charge in [0.1, 0.15) is 5.75 Å². The fraction of sp³-hybridized carbons (Fsp3) is 0.400. The van der Waals surface area contributed by atoms with Crippen LogP contribution in [0.15, 0.2) is 12.1 Å². The first-order valence-electron chi connectivity index (χ1n) is 4.08. The molecule has 0 radical (unpaired) electrons. The first-order valence-corrected chi connectivity index (χ1v) is 5.33. The molecule has 1 aliphatic rings. The van der Waals surface area contributed by atoms with Crippen molar-refractivity contribution in [1.82, 2.24) is 0 Å². The largest absolute Gasteiger partial charge is 0.479 e. The van der Waals surface area contributed by atoms with Crippen LogP contribution in [0.5, 0.6) is 5.75 Å². The number of hydrogen-bond acceptors (Lipinski definition) is 1. The highest BCUT2D eigenvalue weighted by Gasteiger charge is 2.21. The summed E-state index contributed by atoms with van der Waals surface area (Å²) in [4.78, 5) is 0. The molecule has 1 nitrogen and oxygen atoms in total. The van der Waals surface area contributed by atoms with Gasteiger partial charge in [-0.1, -0.05) is 12.1 Å². The van der Waals surface area contributed by atoms with Gasteiger partial charge in [-0.15, -0.1) is 0 Å². The van der Waals surface area contributed by atoms with Crippen molar-refractivity contribution in [2.24, 2.45) is 0 Å². The second-order valence-electron chi connectivity index (χ2n) is 3.23. The minimum atomic E-state index is 0.332. The molecule has 1 unspecified atom stereocenters. The van der Waals surface area contributed by atoms with E-state index in [-0.39, 0.29) is 0 Å². The predicted octanol–water partition coefficient (Wildman–Crippen LogP) is 3.00. The van der Waals surface area contributed by atoms with Gasteiger partial charge >= 0.3 is 0 Å². The molecule has 2 heteroatoms. The maximum atomic E-state index is 5.71. The lowest BCUT2D eigenvalue weighted by Crippen LogP contribution is -2.00. The van der Waals surface area contributed by atoms with Crippen molar-refractivity contribution in [3.63, 3.8) is 0 Å². The van der Waals surface area contributed by atoms with Crippen LogP contribution in [0.1, 0.15) is 16.7 Å². The average Bonchev–Trinajstić information content (AvgIpc) is 2.39. The normalized spacial score (nSPS) is 20.4. The third kappa shape index (κ3) is 1.22. The summed E-state index contributed by atoms with van der Waals surface area (Å²) < 4.78 is 6.04. The van der Waals surface area contributed by atoms with Crippen LogP contribution < -0.4 is 4.74 Å². The summed E-state index contributed by atoms with van der Waals surface area (Å²) in [6.07, 6.45) is 1.05. The number of ether oxygens (including phenoxy) is 1. The third-order valence-corrected chi connectivity index (χ3v) is 3.08. The molecule has 0 N–H and O–H groups in total. The van der Waals surface area contributed by atoms with Crippen molar-refractivity contribution in [3.05, 3.63) is 28.8 Å². The Morgan fingerprint density at radius 2 is 2.17 bits per heavy atom. The van der Waals surface area contributed by atoms with Gasteiger partial charge in [-0.2, -0.15) is 0 Å². The molecule has 0 amide bonds. The first kappa shape index (κ1) is 8.35. The van der Waals surface area contributed by atoms with Crippen LogP contribution >= 0.6 is 22.6 Å². The van der Waals surface area contributed by atoms with E-state index in [9.17, 15) is 0 Å². The number of hydrogen-bond donors (Lipinski definition) is 0. The second kappa shape index (κ2) is 2.91. The Morgan fingerprint density at radius 3 is 2.92 bits per heavy atom. The second-order valence-corrected chi connectivity index (χ2v) is 4.62. The number of benzene rings is 1. The minimum Gasteiger partial charge on any atom is -0.479 e. The smallest absolute Gasteiger partial charge is 0.153 e. The Balaban J connectivity index is 2.54. The average molecular weight is 274 g/mol. The summed E-state index contributed by atoms with van der Waals surface area (Å²) >= 11 is 2.33. The number of aryl methyl sites for hydroxylation is 1. The van der Waals surface area contributed by atoms with Gasteiger partial charge < -0.3 is 4.74 Å². The molecule has 1 atom stereocenters. The summed E-state index contributed by atoms with van der Waals surface area (Å²) in [5, 5.41) is 0. The maximum absolute atomic E-state index is 5.71. The molecule has 2 rings (SSSR count). The van der Waals surface area contributed by atoms with Gasteiger partial charge in [0.2, 0.25) is 0 Å². The van der Waals surface area contributed by atoms with Crippen molar-refractivity contribution >= 4 is 22.6 Å². The molecule has 0 spiro atoms. The molecule has 0 saturated carbocycles. The van der Waals surface area contributed by atoms with E-state index < -0.39 is 0 Å². The number of halogens is 1. The monoisotopic (exact) mass is 274 g/mol. The van der Waals surface area contributed by atoms with Gasteiger partial charge in [0.05, 0.1) is 0 Å². The third-order valence-electron chi connectivity index (χ3n) is 2.38. The zero-order chi connectivity index (χ0) is 8.72. The maximum Gasteiger partial charge on any atom is 0.153 e. The molecule has 1 aliphatic heterocycles.